The highest BCUT2D eigenvalue weighted by molar-refractivity contribution is 6.00. The number of carbonyl (C=O) groups excluding carboxylic acids is 2. The largest absolute Gasteiger partial charge is 0.493 e. The van der Waals surface area contributed by atoms with E-state index in [2.05, 4.69) is 0 Å². The van der Waals surface area contributed by atoms with Crippen molar-refractivity contribution in [3.63, 3.8) is 0 Å². The fourth-order valence-electron chi connectivity index (χ4n) is 4.96. The Morgan fingerprint density at radius 3 is 2.29 bits per heavy atom. The highest BCUT2D eigenvalue weighted by Crippen LogP contribution is 2.42. The Kier molecular flexibility index (Phi) is 7.24. The van der Waals surface area contributed by atoms with E-state index in [9.17, 15) is 14.0 Å². The predicted molar refractivity (Wildman–Crippen MR) is 126 cm³/mol. The number of carbonyl (C=O) groups is 2. The normalized spacial score (nSPS) is 18.8. The van der Waals surface area contributed by atoms with Crippen LogP contribution in [-0.2, 0) is 16.0 Å². The van der Waals surface area contributed by atoms with Crippen molar-refractivity contribution in [2.24, 2.45) is 11.8 Å². The van der Waals surface area contributed by atoms with Crippen LogP contribution in [0.3, 0.4) is 0 Å². The maximum Gasteiger partial charge on any atom is 0.228 e. The van der Waals surface area contributed by atoms with Crippen molar-refractivity contribution in [2.45, 2.75) is 25.7 Å². The molecular weight excluding hydrogens is 439 g/mol. The second kappa shape index (κ2) is 10.3. The van der Waals surface area contributed by atoms with Crippen LogP contribution in [0.5, 0.6) is 17.2 Å². The van der Waals surface area contributed by atoms with E-state index >= 15 is 0 Å². The van der Waals surface area contributed by atoms with Crippen LogP contribution in [-0.4, -0.2) is 57.7 Å². The first kappa shape index (κ1) is 23.9. The summed E-state index contributed by atoms with van der Waals surface area (Å²) in [5, 5.41) is 0. The van der Waals surface area contributed by atoms with Crippen LogP contribution in [0.15, 0.2) is 36.4 Å². The fourth-order valence-corrected chi connectivity index (χ4v) is 4.96. The van der Waals surface area contributed by atoms with Crippen molar-refractivity contribution in [1.82, 2.24) is 4.90 Å². The first-order valence-corrected chi connectivity index (χ1v) is 11.6. The molecule has 2 aromatic rings. The Labute approximate surface area is 199 Å². The molecule has 0 spiro atoms. The van der Waals surface area contributed by atoms with Crippen LogP contribution >= 0.6 is 0 Å². The topological polar surface area (TPSA) is 68.3 Å². The lowest BCUT2D eigenvalue weighted by atomic mass is 9.89. The van der Waals surface area contributed by atoms with E-state index in [-0.39, 0.29) is 30.0 Å². The number of rotatable bonds is 7. The second-order valence-corrected chi connectivity index (χ2v) is 8.89. The number of hydrogen-bond acceptors (Lipinski definition) is 5. The lowest BCUT2D eigenvalue weighted by Crippen LogP contribution is -2.42. The summed E-state index contributed by atoms with van der Waals surface area (Å²) in [7, 11) is 4.57. The van der Waals surface area contributed by atoms with Gasteiger partial charge in [0.05, 0.1) is 32.9 Å². The molecule has 2 aliphatic heterocycles. The summed E-state index contributed by atoms with van der Waals surface area (Å²) in [5.41, 5.74) is 1.61. The van der Waals surface area contributed by atoms with Crippen molar-refractivity contribution in [2.75, 3.05) is 45.9 Å². The molecule has 0 aromatic heterocycles. The van der Waals surface area contributed by atoms with Crippen LogP contribution in [0.1, 0.15) is 24.8 Å². The molecule has 2 aliphatic rings. The third-order valence-electron chi connectivity index (χ3n) is 6.78. The summed E-state index contributed by atoms with van der Waals surface area (Å²) >= 11 is 0. The lowest BCUT2D eigenvalue weighted by Gasteiger charge is -2.33. The summed E-state index contributed by atoms with van der Waals surface area (Å²) in [6.45, 7) is 1.64. The molecule has 1 unspecified atom stereocenters. The standard InChI is InChI=1S/C26H31FN2O5/c1-32-22-14-21(15-23(33-2)25(22)34-3)29-16-19(13-24(29)30)26(31)28-9-7-17(8-10-28)11-18-5-4-6-20(27)12-18/h4-6,12,14-15,17,19H,7-11,13,16H2,1-3H3. The molecule has 8 heteroatoms. The third kappa shape index (κ3) is 4.95. The molecular formula is C26H31FN2O5. The number of anilines is 1. The molecule has 0 aliphatic carbocycles. The van der Waals surface area contributed by atoms with Gasteiger partial charge in [-0.1, -0.05) is 12.1 Å². The van der Waals surface area contributed by atoms with Crippen LogP contribution < -0.4 is 19.1 Å². The SMILES string of the molecule is COc1cc(N2CC(C(=O)N3CCC(Cc4cccc(F)c4)CC3)CC2=O)cc(OC)c1OC. The Morgan fingerprint density at radius 2 is 1.71 bits per heavy atom. The van der Waals surface area contributed by atoms with Gasteiger partial charge >= 0.3 is 0 Å². The molecule has 2 amide bonds. The van der Waals surface area contributed by atoms with Gasteiger partial charge in [-0.2, -0.15) is 0 Å². The summed E-state index contributed by atoms with van der Waals surface area (Å²) in [6.07, 6.45) is 2.74. The van der Waals surface area contributed by atoms with E-state index in [4.69, 9.17) is 14.2 Å². The van der Waals surface area contributed by atoms with Crippen LogP contribution in [0.4, 0.5) is 10.1 Å². The van der Waals surface area contributed by atoms with Gasteiger partial charge in [-0.05, 0) is 42.9 Å². The average Bonchev–Trinajstić information content (AvgIpc) is 3.24. The number of benzene rings is 2. The van der Waals surface area contributed by atoms with Gasteiger partial charge in [0.2, 0.25) is 17.6 Å². The highest BCUT2D eigenvalue weighted by Gasteiger charge is 2.38. The number of halogens is 1. The van der Waals surface area contributed by atoms with E-state index < -0.39 is 0 Å². The molecule has 1 atom stereocenters. The molecule has 2 aromatic carbocycles. The third-order valence-corrected chi connectivity index (χ3v) is 6.78. The monoisotopic (exact) mass is 470 g/mol. The minimum absolute atomic E-state index is 0.0208. The molecule has 2 heterocycles. The molecule has 2 saturated heterocycles. The minimum atomic E-state index is -0.383. The fraction of sp³-hybridized carbons (Fsp3) is 0.462. The van der Waals surface area contributed by atoms with Crippen LogP contribution in [0.2, 0.25) is 0 Å². The number of hydrogen-bond donors (Lipinski definition) is 0. The van der Waals surface area contributed by atoms with Gasteiger partial charge in [0.1, 0.15) is 5.82 Å². The zero-order valence-electron chi connectivity index (χ0n) is 19.9. The molecule has 0 N–H and O–H groups in total. The minimum Gasteiger partial charge on any atom is -0.493 e. The molecule has 7 nitrogen and oxygen atoms in total. The Morgan fingerprint density at radius 1 is 1.03 bits per heavy atom. The number of ether oxygens (including phenoxy) is 3. The highest BCUT2D eigenvalue weighted by atomic mass is 19.1. The Balaban J connectivity index is 1.38. The number of piperidine rings is 1. The lowest BCUT2D eigenvalue weighted by molar-refractivity contribution is -0.137. The number of nitrogens with zero attached hydrogens (tertiary/aromatic N) is 2. The summed E-state index contributed by atoms with van der Waals surface area (Å²) in [6, 6.07) is 10.2. The summed E-state index contributed by atoms with van der Waals surface area (Å²) in [4.78, 5) is 29.5. The van der Waals surface area contributed by atoms with E-state index in [0.717, 1.165) is 24.8 Å². The molecule has 0 saturated carbocycles. The van der Waals surface area contributed by atoms with Gasteiger partial charge in [0.15, 0.2) is 11.5 Å². The summed E-state index contributed by atoms with van der Waals surface area (Å²) in [5.74, 6) is 1.11. The molecule has 182 valence electrons. The second-order valence-electron chi connectivity index (χ2n) is 8.89. The molecule has 34 heavy (non-hydrogen) atoms. The maximum atomic E-state index is 13.5. The summed E-state index contributed by atoms with van der Waals surface area (Å²) < 4.78 is 29.6. The zero-order chi connectivity index (χ0) is 24.2. The van der Waals surface area contributed by atoms with Crippen molar-refractivity contribution >= 4 is 17.5 Å². The van der Waals surface area contributed by atoms with Gasteiger partial charge in [0.25, 0.3) is 0 Å². The first-order valence-electron chi connectivity index (χ1n) is 11.6. The quantitative estimate of drug-likeness (QED) is 0.618. The zero-order valence-corrected chi connectivity index (χ0v) is 19.9. The van der Waals surface area contributed by atoms with Crippen LogP contribution in [0.25, 0.3) is 0 Å². The van der Waals surface area contributed by atoms with Gasteiger partial charge in [-0.25, -0.2) is 4.39 Å². The predicted octanol–water partition coefficient (Wildman–Crippen LogP) is 3.69. The average molecular weight is 471 g/mol. The van der Waals surface area contributed by atoms with Gasteiger partial charge in [-0.3, -0.25) is 9.59 Å². The van der Waals surface area contributed by atoms with E-state index in [1.54, 1.807) is 29.2 Å². The maximum absolute atomic E-state index is 13.5. The number of amides is 2. The van der Waals surface area contributed by atoms with Gasteiger partial charge < -0.3 is 24.0 Å². The smallest absolute Gasteiger partial charge is 0.228 e. The molecule has 0 bridgehead atoms. The number of methoxy groups -OCH3 is 3. The Bertz CT molecular complexity index is 1030. The molecule has 2 fully saturated rings. The number of likely N-dealkylation sites (tertiary alicyclic amines) is 1. The van der Waals surface area contributed by atoms with Crippen molar-refractivity contribution in [3.05, 3.63) is 47.8 Å². The van der Waals surface area contributed by atoms with Crippen molar-refractivity contribution < 1.29 is 28.2 Å². The van der Waals surface area contributed by atoms with Gasteiger partial charge in [0, 0.05) is 38.2 Å². The molecule has 4 rings (SSSR count). The van der Waals surface area contributed by atoms with E-state index in [0.29, 0.717) is 48.5 Å². The van der Waals surface area contributed by atoms with Crippen molar-refractivity contribution in [1.29, 1.82) is 0 Å². The Hall–Kier alpha value is -3.29. The first-order chi connectivity index (χ1) is 16.4. The van der Waals surface area contributed by atoms with E-state index in [1.807, 2.05) is 11.0 Å². The van der Waals surface area contributed by atoms with Crippen molar-refractivity contribution in [3.8, 4) is 17.2 Å². The van der Waals surface area contributed by atoms with E-state index in [1.165, 1.54) is 27.4 Å². The van der Waals surface area contributed by atoms with Crippen LogP contribution in [0, 0.1) is 17.7 Å². The van der Waals surface area contributed by atoms with Gasteiger partial charge in [-0.15, -0.1) is 0 Å². The molecule has 0 radical (unpaired) electrons.